The lowest BCUT2D eigenvalue weighted by Crippen LogP contribution is -2.61. The van der Waals surface area contributed by atoms with Gasteiger partial charge in [-0.1, -0.05) is 0 Å². The Balaban J connectivity index is 3.11. The number of hydrogen-bond donors (Lipinski definition) is 0. The molecule has 136 valence electrons. The topological polar surface area (TPSA) is 114 Å². The van der Waals surface area contributed by atoms with Gasteiger partial charge < -0.3 is 23.7 Å². The van der Waals surface area contributed by atoms with Crippen LogP contribution in [0, 0.1) is 0 Å². The van der Waals surface area contributed by atoms with E-state index in [1.165, 1.54) is 27.7 Å². The maximum absolute atomic E-state index is 11.4. The lowest BCUT2D eigenvalue weighted by molar-refractivity contribution is -0.249. The van der Waals surface area contributed by atoms with Gasteiger partial charge in [-0.05, 0) is 6.92 Å². The number of carbonyl (C=O) groups is 4. The zero-order valence-electron chi connectivity index (χ0n) is 14.3. The summed E-state index contributed by atoms with van der Waals surface area (Å²) in [5.74, 6) is -2.44. The summed E-state index contributed by atoms with van der Waals surface area (Å²) in [7, 11) is 0. The van der Waals surface area contributed by atoms with Gasteiger partial charge in [-0.15, -0.1) is 0 Å². The van der Waals surface area contributed by atoms with Gasteiger partial charge in [0.25, 0.3) is 0 Å². The van der Waals surface area contributed by atoms with Crippen LogP contribution in [0.3, 0.4) is 0 Å². The zero-order valence-corrected chi connectivity index (χ0v) is 14.3. The van der Waals surface area contributed by atoms with Gasteiger partial charge in [0.2, 0.25) is 0 Å². The first-order chi connectivity index (χ1) is 11.1. The molecule has 0 aromatic carbocycles. The van der Waals surface area contributed by atoms with Gasteiger partial charge in [0, 0.05) is 27.7 Å². The van der Waals surface area contributed by atoms with Crippen molar-refractivity contribution in [1.82, 2.24) is 0 Å². The van der Waals surface area contributed by atoms with E-state index in [-0.39, 0.29) is 6.61 Å². The first kappa shape index (κ1) is 19.9. The van der Waals surface area contributed by atoms with Gasteiger partial charge in [0.05, 0.1) is 6.10 Å². The number of ether oxygens (including phenoxy) is 5. The van der Waals surface area contributed by atoms with Crippen molar-refractivity contribution in [1.29, 1.82) is 0 Å². The van der Waals surface area contributed by atoms with Crippen molar-refractivity contribution >= 4 is 23.9 Å². The summed E-state index contributed by atoms with van der Waals surface area (Å²) in [6.07, 6.45) is -4.69. The van der Waals surface area contributed by atoms with E-state index in [4.69, 9.17) is 23.7 Å². The quantitative estimate of drug-likeness (QED) is 0.506. The molecule has 0 spiro atoms. The van der Waals surface area contributed by atoms with Crippen molar-refractivity contribution in [3.8, 4) is 0 Å². The monoisotopic (exact) mass is 346 g/mol. The number of carbonyl (C=O) groups excluding carboxylic acids is 4. The Bertz CT molecular complexity index is 501. The predicted molar refractivity (Wildman–Crippen MR) is 77.6 cm³/mol. The van der Waals surface area contributed by atoms with Crippen molar-refractivity contribution in [3.05, 3.63) is 0 Å². The predicted octanol–water partition coefficient (Wildman–Crippen LogP) is 0.132. The molecule has 9 heteroatoms. The SMILES string of the molecule is CC(=O)OCC1O[C@@H](C)C(OC(C)=O)C(OC(C)=O)[C@@H]1OC(C)=O. The molecule has 9 nitrogen and oxygen atoms in total. The fourth-order valence-corrected chi connectivity index (χ4v) is 2.44. The molecule has 0 saturated carbocycles. The second-order valence-corrected chi connectivity index (χ2v) is 5.40. The zero-order chi connectivity index (χ0) is 18.4. The first-order valence-corrected chi connectivity index (χ1v) is 7.42. The largest absolute Gasteiger partial charge is 0.463 e. The van der Waals surface area contributed by atoms with E-state index in [0.29, 0.717) is 0 Å². The molecule has 1 aliphatic heterocycles. The van der Waals surface area contributed by atoms with E-state index < -0.39 is 54.4 Å². The van der Waals surface area contributed by atoms with Crippen LogP contribution in [0.1, 0.15) is 34.6 Å². The molecule has 0 amide bonds. The number of hydrogen-bond acceptors (Lipinski definition) is 9. The fraction of sp³-hybridized carbons (Fsp3) is 0.733. The second-order valence-electron chi connectivity index (χ2n) is 5.40. The minimum Gasteiger partial charge on any atom is -0.463 e. The third-order valence-corrected chi connectivity index (χ3v) is 3.22. The summed E-state index contributed by atoms with van der Waals surface area (Å²) < 4.78 is 26.1. The summed E-state index contributed by atoms with van der Waals surface area (Å²) in [6, 6.07) is 0. The van der Waals surface area contributed by atoms with Gasteiger partial charge in [0.15, 0.2) is 18.3 Å². The van der Waals surface area contributed by atoms with Gasteiger partial charge in [0.1, 0.15) is 12.7 Å². The van der Waals surface area contributed by atoms with Crippen LogP contribution in [0.15, 0.2) is 0 Å². The highest BCUT2D eigenvalue weighted by molar-refractivity contribution is 5.68. The van der Waals surface area contributed by atoms with Gasteiger partial charge in [-0.2, -0.15) is 0 Å². The Morgan fingerprint density at radius 1 is 0.750 bits per heavy atom. The average molecular weight is 346 g/mol. The summed E-state index contributed by atoms with van der Waals surface area (Å²) in [5, 5.41) is 0. The fourth-order valence-electron chi connectivity index (χ4n) is 2.44. The van der Waals surface area contributed by atoms with Crippen LogP contribution < -0.4 is 0 Å². The number of esters is 4. The van der Waals surface area contributed by atoms with Crippen molar-refractivity contribution in [2.45, 2.75) is 65.1 Å². The van der Waals surface area contributed by atoms with Crippen molar-refractivity contribution in [2.75, 3.05) is 6.61 Å². The highest BCUT2D eigenvalue weighted by Gasteiger charge is 2.50. The van der Waals surface area contributed by atoms with Crippen LogP contribution in [0.25, 0.3) is 0 Å². The summed E-state index contributed by atoms with van der Waals surface area (Å²) >= 11 is 0. The Kier molecular flexibility index (Phi) is 7.15. The molecule has 24 heavy (non-hydrogen) atoms. The van der Waals surface area contributed by atoms with E-state index >= 15 is 0 Å². The minimum atomic E-state index is -1.09. The Hall–Kier alpha value is -2.16. The van der Waals surface area contributed by atoms with E-state index in [0.717, 1.165) is 0 Å². The molecule has 5 atom stereocenters. The van der Waals surface area contributed by atoms with Crippen molar-refractivity contribution < 1.29 is 42.9 Å². The molecule has 1 saturated heterocycles. The molecule has 1 fully saturated rings. The molecule has 1 rings (SSSR count). The average Bonchev–Trinajstić information content (AvgIpc) is 2.42. The molecule has 0 aromatic heterocycles. The van der Waals surface area contributed by atoms with Crippen LogP contribution in [0.4, 0.5) is 0 Å². The molecular formula is C15H22O9. The molecule has 3 unspecified atom stereocenters. The lowest BCUT2D eigenvalue weighted by atomic mass is 9.95. The molecule has 0 aromatic rings. The smallest absolute Gasteiger partial charge is 0.303 e. The van der Waals surface area contributed by atoms with Crippen molar-refractivity contribution in [2.24, 2.45) is 0 Å². The van der Waals surface area contributed by atoms with Crippen molar-refractivity contribution in [3.63, 3.8) is 0 Å². The van der Waals surface area contributed by atoms with Gasteiger partial charge >= 0.3 is 23.9 Å². The Morgan fingerprint density at radius 2 is 1.21 bits per heavy atom. The molecule has 0 radical (unpaired) electrons. The summed E-state index contributed by atoms with van der Waals surface area (Å²) in [6.45, 7) is 6.17. The minimum absolute atomic E-state index is 0.206. The first-order valence-electron chi connectivity index (χ1n) is 7.42. The molecule has 0 aliphatic carbocycles. The van der Waals surface area contributed by atoms with Crippen LogP contribution in [0.2, 0.25) is 0 Å². The van der Waals surface area contributed by atoms with Crippen LogP contribution in [-0.2, 0) is 42.9 Å². The Labute approximate surface area is 139 Å². The van der Waals surface area contributed by atoms with Gasteiger partial charge in [-0.25, -0.2) is 0 Å². The molecule has 1 aliphatic rings. The normalized spacial score (nSPS) is 29.3. The van der Waals surface area contributed by atoms with E-state index in [1.54, 1.807) is 6.92 Å². The maximum Gasteiger partial charge on any atom is 0.303 e. The third kappa shape index (κ3) is 5.80. The highest BCUT2D eigenvalue weighted by atomic mass is 16.7. The van der Waals surface area contributed by atoms with E-state index in [9.17, 15) is 19.2 Å². The highest BCUT2D eigenvalue weighted by Crippen LogP contribution is 2.28. The van der Waals surface area contributed by atoms with Gasteiger partial charge in [-0.3, -0.25) is 19.2 Å². The number of rotatable bonds is 5. The van der Waals surface area contributed by atoms with Crippen LogP contribution >= 0.6 is 0 Å². The molecule has 1 heterocycles. The summed E-state index contributed by atoms with van der Waals surface area (Å²) in [5.41, 5.74) is 0. The summed E-state index contributed by atoms with van der Waals surface area (Å²) in [4.78, 5) is 45.2. The maximum atomic E-state index is 11.4. The Morgan fingerprint density at radius 3 is 1.67 bits per heavy atom. The standard InChI is InChI=1S/C15H22O9/c1-7-13(22-9(3)17)15(24-11(5)19)14(23-10(4)18)12(21-7)6-20-8(2)16/h7,12-15H,6H2,1-5H3/t7-,12?,13?,14+,15?/m0/s1. The van der Waals surface area contributed by atoms with E-state index in [1.807, 2.05) is 0 Å². The molecule has 0 bridgehead atoms. The second kappa shape index (κ2) is 8.62. The molecular weight excluding hydrogens is 324 g/mol. The van der Waals surface area contributed by atoms with E-state index in [2.05, 4.69) is 0 Å². The third-order valence-electron chi connectivity index (χ3n) is 3.22. The lowest BCUT2D eigenvalue weighted by Gasteiger charge is -2.43. The molecule has 0 N–H and O–H groups in total. The van der Waals surface area contributed by atoms with Crippen LogP contribution in [-0.4, -0.2) is 61.0 Å². The van der Waals surface area contributed by atoms with Crippen LogP contribution in [0.5, 0.6) is 0 Å².